The SMILES string of the molecule is CC(C)(C)OC(=O)NCc1ccc(CNCC2CCSC2)cc1. The van der Waals surface area contributed by atoms with Crippen molar-refractivity contribution in [3.63, 3.8) is 0 Å². The summed E-state index contributed by atoms with van der Waals surface area (Å²) in [5.41, 5.74) is 1.89. The molecule has 1 fully saturated rings. The van der Waals surface area contributed by atoms with Crippen molar-refractivity contribution in [2.45, 2.75) is 45.9 Å². The smallest absolute Gasteiger partial charge is 0.407 e. The molecule has 1 heterocycles. The molecule has 23 heavy (non-hydrogen) atoms. The Labute approximate surface area is 143 Å². The van der Waals surface area contributed by atoms with Gasteiger partial charge < -0.3 is 15.4 Å². The van der Waals surface area contributed by atoms with Crippen LogP contribution in [-0.4, -0.2) is 29.7 Å². The number of alkyl carbamates (subject to hydrolysis) is 1. The maximum absolute atomic E-state index is 11.6. The van der Waals surface area contributed by atoms with Crippen LogP contribution in [0.1, 0.15) is 38.3 Å². The van der Waals surface area contributed by atoms with Crippen molar-refractivity contribution in [3.8, 4) is 0 Å². The topological polar surface area (TPSA) is 50.4 Å². The molecular formula is C18H28N2O2S. The Morgan fingerprint density at radius 3 is 2.43 bits per heavy atom. The zero-order chi connectivity index (χ0) is 16.7. The van der Waals surface area contributed by atoms with Crippen molar-refractivity contribution in [1.29, 1.82) is 0 Å². The maximum Gasteiger partial charge on any atom is 0.407 e. The normalized spacial score (nSPS) is 18.0. The molecule has 0 aliphatic carbocycles. The fraction of sp³-hybridized carbons (Fsp3) is 0.611. The highest BCUT2D eigenvalue weighted by molar-refractivity contribution is 7.99. The number of ether oxygens (including phenoxy) is 1. The largest absolute Gasteiger partial charge is 0.444 e. The Balaban J connectivity index is 1.68. The van der Waals surface area contributed by atoms with E-state index in [-0.39, 0.29) is 6.09 Å². The van der Waals surface area contributed by atoms with Crippen LogP contribution in [0.3, 0.4) is 0 Å². The van der Waals surface area contributed by atoms with E-state index in [4.69, 9.17) is 4.74 Å². The number of hydrogen-bond acceptors (Lipinski definition) is 4. The monoisotopic (exact) mass is 336 g/mol. The summed E-state index contributed by atoms with van der Waals surface area (Å²) < 4.78 is 5.22. The number of rotatable bonds is 6. The number of nitrogens with one attached hydrogen (secondary N) is 2. The van der Waals surface area contributed by atoms with E-state index >= 15 is 0 Å². The number of hydrogen-bond donors (Lipinski definition) is 2. The second-order valence-electron chi connectivity index (χ2n) is 7.03. The molecule has 2 rings (SSSR count). The van der Waals surface area contributed by atoms with Gasteiger partial charge in [-0.05, 0) is 62.3 Å². The lowest BCUT2D eigenvalue weighted by atomic mass is 10.1. The lowest BCUT2D eigenvalue weighted by molar-refractivity contribution is 0.0523. The third kappa shape index (κ3) is 7.27. The Morgan fingerprint density at radius 2 is 1.87 bits per heavy atom. The highest BCUT2D eigenvalue weighted by atomic mass is 32.2. The van der Waals surface area contributed by atoms with Crippen LogP contribution in [0.25, 0.3) is 0 Å². The molecule has 0 bridgehead atoms. The summed E-state index contributed by atoms with van der Waals surface area (Å²) in [4.78, 5) is 11.6. The van der Waals surface area contributed by atoms with E-state index < -0.39 is 5.60 Å². The molecule has 1 atom stereocenters. The van der Waals surface area contributed by atoms with Crippen LogP contribution in [-0.2, 0) is 17.8 Å². The van der Waals surface area contributed by atoms with Gasteiger partial charge in [0, 0.05) is 13.1 Å². The van der Waals surface area contributed by atoms with Gasteiger partial charge in [0.2, 0.25) is 0 Å². The van der Waals surface area contributed by atoms with Crippen LogP contribution in [0.4, 0.5) is 4.79 Å². The summed E-state index contributed by atoms with van der Waals surface area (Å²) in [6.07, 6.45) is 0.963. The molecule has 0 aromatic heterocycles. The summed E-state index contributed by atoms with van der Waals surface area (Å²) in [5, 5.41) is 6.31. The molecule has 1 aliphatic rings. The lowest BCUT2D eigenvalue weighted by Gasteiger charge is -2.19. The van der Waals surface area contributed by atoms with Crippen molar-refractivity contribution < 1.29 is 9.53 Å². The molecule has 1 amide bonds. The Kier molecular flexibility index (Phi) is 6.78. The summed E-state index contributed by atoms with van der Waals surface area (Å²) in [7, 11) is 0. The number of carbonyl (C=O) groups is 1. The molecule has 4 nitrogen and oxygen atoms in total. The first-order valence-electron chi connectivity index (χ1n) is 8.25. The van der Waals surface area contributed by atoms with Gasteiger partial charge in [0.1, 0.15) is 5.60 Å². The summed E-state index contributed by atoms with van der Waals surface area (Å²) in [5.74, 6) is 3.44. The van der Waals surface area contributed by atoms with Crippen LogP contribution in [0.2, 0.25) is 0 Å². The first-order chi connectivity index (χ1) is 10.9. The molecule has 1 aliphatic heterocycles. The van der Waals surface area contributed by atoms with Crippen molar-refractivity contribution in [1.82, 2.24) is 10.6 Å². The molecule has 5 heteroatoms. The van der Waals surface area contributed by atoms with E-state index in [1.54, 1.807) is 0 Å². The maximum atomic E-state index is 11.6. The van der Waals surface area contributed by atoms with Gasteiger partial charge >= 0.3 is 6.09 Å². The van der Waals surface area contributed by atoms with Crippen LogP contribution in [0.5, 0.6) is 0 Å². The average Bonchev–Trinajstić information content (AvgIpc) is 2.98. The van der Waals surface area contributed by atoms with Gasteiger partial charge in [0.15, 0.2) is 0 Å². The van der Waals surface area contributed by atoms with E-state index in [1.807, 2.05) is 20.8 Å². The highest BCUT2D eigenvalue weighted by Crippen LogP contribution is 2.22. The number of thioether (sulfide) groups is 1. The second-order valence-corrected chi connectivity index (χ2v) is 8.18. The predicted octanol–water partition coefficient (Wildman–Crippen LogP) is 3.55. The number of carbonyl (C=O) groups excluding carboxylic acids is 1. The van der Waals surface area contributed by atoms with E-state index in [1.165, 1.54) is 23.5 Å². The van der Waals surface area contributed by atoms with Crippen molar-refractivity contribution >= 4 is 17.9 Å². The highest BCUT2D eigenvalue weighted by Gasteiger charge is 2.16. The minimum absolute atomic E-state index is 0.377. The summed E-state index contributed by atoms with van der Waals surface area (Å²) in [6.45, 7) is 8.08. The zero-order valence-electron chi connectivity index (χ0n) is 14.4. The lowest BCUT2D eigenvalue weighted by Crippen LogP contribution is -2.32. The molecule has 128 valence electrons. The van der Waals surface area contributed by atoms with Crippen molar-refractivity contribution in [3.05, 3.63) is 35.4 Å². The van der Waals surface area contributed by atoms with Crippen LogP contribution >= 0.6 is 11.8 Å². The van der Waals surface area contributed by atoms with Crippen LogP contribution in [0.15, 0.2) is 24.3 Å². The van der Waals surface area contributed by atoms with Crippen LogP contribution < -0.4 is 10.6 Å². The molecule has 1 aromatic rings. The molecular weight excluding hydrogens is 308 g/mol. The van der Waals surface area contributed by atoms with E-state index in [0.717, 1.165) is 24.6 Å². The predicted molar refractivity (Wildman–Crippen MR) is 96.7 cm³/mol. The van der Waals surface area contributed by atoms with Gasteiger partial charge in [-0.25, -0.2) is 4.79 Å². The fourth-order valence-corrected chi connectivity index (χ4v) is 3.71. The minimum Gasteiger partial charge on any atom is -0.444 e. The molecule has 0 spiro atoms. The second kappa shape index (κ2) is 8.60. The third-order valence-corrected chi connectivity index (χ3v) is 4.88. The number of benzene rings is 1. The first-order valence-corrected chi connectivity index (χ1v) is 9.41. The van der Waals surface area contributed by atoms with Crippen LogP contribution in [0, 0.1) is 5.92 Å². The van der Waals surface area contributed by atoms with Gasteiger partial charge in [0.25, 0.3) is 0 Å². The van der Waals surface area contributed by atoms with Gasteiger partial charge in [0.05, 0.1) is 0 Å². The molecule has 1 aromatic carbocycles. The Morgan fingerprint density at radius 1 is 1.22 bits per heavy atom. The van der Waals surface area contributed by atoms with E-state index in [9.17, 15) is 4.79 Å². The molecule has 1 saturated heterocycles. The zero-order valence-corrected chi connectivity index (χ0v) is 15.2. The van der Waals surface area contributed by atoms with Gasteiger partial charge in [-0.1, -0.05) is 24.3 Å². The minimum atomic E-state index is -0.461. The molecule has 0 radical (unpaired) electrons. The fourth-order valence-electron chi connectivity index (χ4n) is 2.43. The summed E-state index contributed by atoms with van der Waals surface area (Å²) in [6, 6.07) is 8.34. The number of amides is 1. The molecule has 0 saturated carbocycles. The Hall–Kier alpha value is -1.20. The van der Waals surface area contributed by atoms with Crippen molar-refractivity contribution in [2.75, 3.05) is 18.1 Å². The molecule has 1 unspecified atom stereocenters. The Bertz CT molecular complexity index is 491. The summed E-state index contributed by atoms with van der Waals surface area (Å²) >= 11 is 2.06. The van der Waals surface area contributed by atoms with Crippen molar-refractivity contribution in [2.24, 2.45) is 5.92 Å². The third-order valence-electron chi connectivity index (χ3n) is 3.64. The van der Waals surface area contributed by atoms with Gasteiger partial charge in [-0.3, -0.25) is 0 Å². The quantitative estimate of drug-likeness (QED) is 0.834. The van der Waals surface area contributed by atoms with Gasteiger partial charge in [-0.15, -0.1) is 0 Å². The average molecular weight is 337 g/mol. The van der Waals surface area contributed by atoms with E-state index in [2.05, 4.69) is 46.7 Å². The van der Waals surface area contributed by atoms with E-state index in [0.29, 0.717) is 6.54 Å². The first kappa shape index (κ1) is 18.1. The standard InChI is InChI=1S/C18H28N2O2S/c1-18(2,3)22-17(21)20-12-15-6-4-14(5-7-15)10-19-11-16-8-9-23-13-16/h4-7,16,19H,8-13H2,1-3H3,(H,20,21). The molecule has 2 N–H and O–H groups in total. The van der Waals surface area contributed by atoms with Gasteiger partial charge in [-0.2, -0.15) is 11.8 Å².